The zero-order chi connectivity index (χ0) is 15.1. The van der Waals surface area contributed by atoms with Crippen molar-refractivity contribution in [2.45, 2.75) is 26.4 Å². The van der Waals surface area contributed by atoms with Gasteiger partial charge in [0.25, 0.3) is 0 Å². The molecule has 0 bridgehead atoms. The first-order valence-corrected chi connectivity index (χ1v) is 7.20. The Bertz CT molecular complexity index is 599. The number of benzene rings is 1. The number of hydrogen-bond donors (Lipinski definition) is 2. The van der Waals surface area contributed by atoms with Crippen LogP contribution in [0.4, 0.5) is 5.69 Å². The van der Waals surface area contributed by atoms with E-state index in [9.17, 15) is 4.79 Å². The molecule has 0 aliphatic rings. The van der Waals surface area contributed by atoms with Crippen molar-refractivity contribution in [3.63, 3.8) is 0 Å². The third kappa shape index (κ3) is 5.17. The molecule has 0 spiro atoms. The van der Waals surface area contributed by atoms with E-state index in [0.29, 0.717) is 17.3 Å². The van der Waals surface area contributed by atoms with Crippen molar-refractivity contribution in [1.82, 2.24) is 20.3 Å². The highest BCUT2D eigenvalue weighted by atomic mass is 35.5. The van der Waals surface area contributed by atoms with Gasteiger partial charge in [0.2, 0.25) is 5.91 Å². The summed E-state index contributed by atoms with van der Waals surface area (Å²) in [4.78, 5) is 11.9. The van der Waals surface area contributed by atoms with Gasteiger partial charge in [-0.25, -0.2) is 4.68 Å². The zero-order valence-corrected chi connectivity index (χ0v) is 12.6. The highest BCUT2D eigenvalue weighted by molar-refractivity contribution is 6.30. The number of nitrogens with zero attached hydrogens (tertiary/aromatic N) is 3. The number of nitrogens with one attached hydrogen (secondary N) is 2. The largest absolute Gasteiger partial charge is 0.324 e. The van der Waals surface area contributed by atoms with Crippen LogP contribution in [-0.2, 0) is 17.9 Å². The van der Waals surface area contributed by atoms with Crippen LogP contribution in [0.2, 0.25) is 5.02 Å². The second-order valence-corrected chi connectivity index (χ2v) is 5.08. The van der Waals surface area contributed by atoms with Gasteiger partial charge in [-0.3, -0.25) is 4.79 Å². The molecule has 0 unspecified atom stereocenters. The fourth-order valence-corrected chi connectivity index (χ4v) is 1.99. The maximum absolute atomic E-state index is 11.9. The Morgan fingerprint density at radius 1 is 1.43 bits per heavy atom. The average Bonchev–Trinajstić information content (AvgIpc) is 2.86. The summed E-state index contributed by atoms with van der Waals surface area (Å²) >= 11 is 5.87. The van der Waals surface area contributed by atoms with Crippen molar-refractivity contribution < 1.29 is 4.79 Å². The number of halogens is 1. The first kappa shape index (κ1) is 15.5. The SMILES string of the molecule is CCCNCc1cn(CC(=O)Nc2cccc(Cl)c2)nn1. The van der Waals surface area contributed by atoms with Crippen LogP contribution in [0.5, 0.6) is 0 Å². The summed E-state index contributed by atoms with van der Waals surface area (Å²) in [5, 5.41) is 14.5. The Morgan fingerprint density at radius 3 is 3.05 bits per heavy atom. The van der Waals surface area contributed by atoms with Crippen molar-refractivity contribution in [2.24, 2.45) is 0 Å². The van der Waals surface area contributed by atoms with Gasteiger partial charge in [0.15, 0.2) is 0 Å². The minimum atomic E-state index is -0.171. The number of amides is 1. The van der Waals surface area contributed by atoms with Crippen LogP contribution in [0.25, 0.3) is 0 Å². The molecule has 0 aliphatic carbocycles. The Morgan fingerprint density at radius 2 is 2.29 bits per heavy atom. The molecule has 1 aromatic carbocycles. The van der Waals surface area contributed by atoms with E-state index in [1.807, 2.05) is 0 Å². The standard InChI is InChI=1S/C14H18ClN5O/c1-2-6-16-8-13-9-20(19-18-13)10-14(21)17-12-5-3-4-11(15)7-12/h3-5,7,9,16H,2,6,8,10H2,1H3,(H,17,21). The predicted molar refractivity (Wildman–Crippen MR) is 82.1 cm³/mol. The van der Waals surface area contributed by atoms with Crippen LogP contribution >= 0.6 is 11.6 Å². The van der Waals surface area contributed by atoms with Crippen LogP contribution in [0.15, 0.2) is 30.5 Å². The molecule has 0 aliphatic heterocycles. The van der Waals surface area contributed by atoms with Crippen molar-refractivity contribution in [1.29, 1.82) is 0 Å². The van der Waals surface area contributed by atoms with Gasteiger partial charge in [-0.1, -0.05) is 29.8 Å². The van der Waals surface area contributed by atoms with Gasteiger partial charge >= 0.3 is 0 Å². The predicted octanol–water partition coefficient (Wildman–Crippen LogP) is 2.07. The summed E-state index contributed by atoms with van der Waals surface area (Å²) in [6, 6.07) is 7.02. The highest BCUT2D eigenvalue weighted by Crippen LogP contribution is 2.14. The molecule has 1 heterocycles. The molecule has 0 fully saturated rings. The number of rotatable bonds is 7. The van der Waals surface area contributed by atoms with Crippen LogP contribution in [-0.4, -0.2) is 27.4 Å². The zero-order valence-electron chi connectivity index (χ0n) is 11.8. The second-order valence-electron chi connectivity index (χ2n) is 4.64. The lowest BCUT2D eigenvalue weighted by Crippen LogP contribution is -2.19. The highest BCUT2D eigenvalue weighted by Gasteiger charge is 2.06. The maximum Gasteiger partial charge on any atom is 0.246 e. The van der Waals surface area contributed by atoms with Crippen LogP contribution in [0, 0.1) is 0 Å². The first-order chi connectivity index (χ1) is 10.2. The van der Waals surface area contributed by atoms with E-state index in [1.54, 1.807) is 30.5 Å². The van der Waals surface area contributed by atoms with Crippen molar-refractivity contribution in [3.8, 4) is 0 Å². The molecule has 7 heteroatoms. The average molecular weight is 308 g/mol. The maximum atomic E-state index is 11.9. The fraction of sp³-hybridized carbons (Fsp3) is 0.357. The fourth-order valence-electron chi connectivity index (χ4n) is 1.80. The van der Waals surface area contributed by atoms with E-state index in [0.717, 1.165) is 18.7 Å². The monoisotopic (exact) mass is 307 g/mol. The molecular weight excluding hydrogens is 290 g/mol. The molecule has 21 heavy (non-hydrogen) atoms. The third-order valence-corrected chi connectivity index (χ3v) is 2.97. The molecule has 0 radical (unpaired) electrons. The van der Waals surface area contributed by atoms with Gasteiger partial charge in [-0.2, -0.15) is 0 Å². The van der Waals surface area contributed by atoms with E-state index in [1.165, 1.54) is 4.68 Å². The van der Waals surface area contributed by atoms with E-state index in [-0.39, 0.29) is 12.5 Å². The van der Waals surface area contributed by atoms with Crippen molar-refractivity contribution in [2.75, 3.05) is 11.9 Å². The summed E-state index contributed by atoms with van der Waals surface area (Å²) in [6.45, 7) is 3.81. The second kappa shape index (κ2) is 7.75. The van der Waals surface area contributed by atoms with Gasteiger partial charge in [0.05, 0.1) is 11.9 Å². The van der Waals surface area contributed by atoms with Gasteiger partial charge in [-0.15, -0.1) is 5.10 Å². The van der Waals surface area contributed by atoms with Crippen LogP contribution in [0.3, 0.4) is 0 Å². The van der Waals surface area contributed by atoms with E-state index in [4.69, 9.17) is 11.6 Å². The normalized spacial score (nSPS) is 10.6. The molecule has 0 atom stereocenters. The molecule has 2 aromatic rings. The third-order valence-electron chi connectivity index (χ3n) is 2.73. The quantitative estimate of drug-likeness (QED) is 0.768. The minimum Gasteiger partial charge on any atom is -0.324 e. The van der Waals surface area contributed by atoms with Gasteiger partial charge in [0.1, 0.15) is 6.54 Å². The van der Waals surface area contributed by atoms with Gasteiger partial charge in [-0.05, 0) is 31.2 Å². The molecule has 6 nitrogen and oxygen atoms in total. The molecule has 0 saturated carbocycles. The lowest BCUT2D eigenvalue weighted by Gasteiger charge is -2.05. The van der Waals surface area contributed by atoms with Crippen molar-refractivity contribution in [3.05, 3.63) is 41.2 Å². The number of hydrogen-bond acceptors (Lipinski definition) is 4. The van der Waals surface area contributed by atoms with Gasteiger partial charge in [0, 0.05) is 17.3 Å². The summed E-state index contributed by atoms with van der Waals surface area (Å²) in [6.07, 6.45) is 2.83. The Hall–Kier alpha value is -1.92. The summed E-state index contributed by atoms with van der Waals surface area (Å²) < 4.78 is 1.52. The Labute approximate surface area is 128 Å². The lowest BCUT2D eigenvalue weighted by atomic mass is 10.3. The molecule has 1 aromatic heterocycles. The van der Waals surface area contributed by atoms with E-state index in [2.05, 4.69) is 27.9 Å². The van der Waals surface area contributed by atoms with Crippen molar-refractivity contribution >= 4 is 23.2 Å². The van der Waals surface area contributed by atoms with Crippen LogP contribution in [0.1, 0.15) is 19.0 Å². The summed E-state index contributed by atoms with van der Waals surface area (Å²) in [5.74, 6) is -0.171. The smallest absolute Gasteiger partial charge is 0.246 e. The molecule has 2 rings (SSSR count). The molecular formula is C14H18ClN5O. The molecule has 0 saturated heterocycles. The molecule has 2 N–H and O–H groups in total. The van der Waals surface area contributed by atoms with Gasteiger partial charge < -0.3 is 10.6 Å². The molecule has 112 valence electrons. The summed E-state index contributed by atoms with van der Waals surface area (Å²) in [5.41, 5.74) is 1.48. The van der Waals surface area contributed by atoms with E-state index >= 15 is 0 Å². The first-order valence-electron chi connectivity index (χ1n) is 6.82. The Kier molecular flexibility index (Phi) is 5.71. The van der Waals surface area contributed by atoms with Crippen LogP contribution < -0.4 is 10.6 Å². The molecule has 1 amide bonds. The number of anilines is 1. The number of aromatic nitrogens is 3. The minimum absolute atomic E-state index is 0.118. The lowest BCUT2D eigenvalue weighted by molar-refractivity contribution is -0.116. The number of carbonyl (C=O) groups is 1. The summed E-state index contributed by atoms with van der Waals surface area (Å²) in [7, 11) is 0. The topological polar surface area (TPSA) is 71.8 Å². The Balaban J connectivity index is 1.85. The van der Waals surface area contributed by atoms with E-state index < -0.39 is 0 Å². The number of carbonyl (C=O) groups excluding carboxylic acids is 1.